The van der Waals surface area contributed by atoms with E-state index in [1.807, 2.05) is 0 Å². The predicted molar refractivity (Wildman–Crippen MR) is 155 cm³/mol. The van der Waals surface area contributed by atoms with E-state index in [0.29, 0.717) is 16.8 Å². The number of carbonyl (C=O) groups excluding carboxylic acids is 3. The van der Waals surface area contributed by atoms with E-state index in [1.165, 1.54) is 18.2 Å². The molecule has 0 aliphatic rings. The number of aliphatic carboxylic acids is 1. The van der Waals surface area contributed by atoms with Gasteiger partial charge in [-0.25, -0.2) is 9.59 Å². The Morgan fingerprint density at radius 2 is 1.55 bits per heavy atom. The monoisotopic (exact) mass is 582 g/mol. The zero-order chi connectivity index (χ0) is 29.4. The number of benzene rings is 3. The maximum absolute atomic E-state index is 12.8. The van der Waals surface area contributed by atoms with Gasteiger partial charge in [0.2, 0.25) is 0 Å². The van der Waals surface area contributed by atoms with Gasteiger partial charge in [-0.3, -0.25) is 9.59 Å². The first kappa shape index (κ1) is 30.4. The Balaban J connectivity index is 1.64. The van der Waals surface area contributed by atoms with Gasteiger partial charge in [0, 0.05) is 23.7 Å². The lowest BCUT2D eigenvalue weighted by Gasteiger charge is -2.17. The van der Waals surface area contributed by atoms with Crippen molar-refractivity contribution in [2.75, 3.05) is 5.32 Å². The highest BCUT2D eigenvalue weighted by atomic mass is 35.5. The smallest absolute Gasteiger partial charge is 0.331 e. The summed E-state index contributed by atoms with van der Waals surface area (Å²) in [4.78, 5) is 49.2. The van der Waals surface area contributed by atoms with Gasteiger partial charge in [0.05, 0.1) is 15.6 Å². The van der Waals surface area contributed by atoms with Crippen LogP contribution in [0.1, 0.15) is 52.6 Å². The van der Waals surface area contributed by atoms with Crippen LogP contribution in [0.3, 0.4) is 0 Å². The van der Waals surface area contributed by atoms with E-state index in [4.69, 9.17) is 27.9 Å². The molecule has 0 radical (unpaired) electrons. The molecule has 0 heterocycles. The molecule has 0 unspecified atom stereocenters. The Bertz CT molecular complexity index is 1430. The third-order valence-electron chi connectivity index (χ3n) is 5.41. The minimum atomic E-state index is -1.21. The van der Waals surface area contributed by atoms with Gasteiger partial charge >= 0.3 is 11.9 Å². The molecule has 0 aromatic heterocycles. The first-order valence-electron chi connectivity index (χ1n) is 12.2. The summed E-state index contributed by atoms with van der Waals surface area (Å²) in [5.74, 6) is -2.80. The summed E-state index contributed by atoms with van der Waals surface area (Å²) in [5.41, 5.74) is 1.39. The fraction of sp³-hybridized carbons (Fsp3) is 0.200. The molecule has 10 heteroatoms. The van der Waals surface area contributed by atoms with Crippen molar-refractivity contribution in [3.8, 4) is 0 Å². The van der Waals surface area contributed by atoms with Gasteiger partial charge in [-0.1, -0.05) is 53.5 Å². The average Bonchev–Trinajstić information content (AvgIpc) is 2.87. The van der Waals surface area contributed by atoms with E-state index in [2.05, 4.69) is 10.6 Å². The highest BCUT2D eigenvalue weighted by Crippen LogP contribution is 2.25. The van der Waals surface area contributed by atoms with Crippen molar-refractivity contribution in [1.82, 2.24) is 5.32 Å². The summed E-state index contributed by atoms with van der Waals surface area (Å²) in [6.45, 7) is 5.27. The van der Waals surface area contributed by atoms with Crippen LogP contribution in [0.2, 0.25) is 10.0 Å². The number of hydrogen-bond acceptors (Lipinski definition) is 5. The van der Waals surface area contributed by atoms with Gasteiger partial charge in [0.15, 0.2) is 0 Å². The molecule has 3 aromatic rings. The molecule has 0 spiro atoms. The summed E-state index contributed by atoms with van der Waals surface area (Å²) in [6.07, 6.45) is 2.78. The SMILES string of the molecule is CC(C)(C)OC(=O)/C=C/c1cccc(C(=O)N[C@@H](Cc2ccc(NC(=O)c3c(Cl)cccc3Cl)cc2)C(=O)O)c1. The summed E-state index contributed by atoms with van der Waals surface area (Å²) in [6, 6.07) is 16.5. The van der Waals surface area contributed by atoms with Crippen LogP contribution in [-0.4, -0.2) is 40.5 Å². The zero-order valence-electron chi connectivity index (χ0n) is 22.0. The van der Waals surface area contributed by atoms with Crippen LogP contribution < -0.4 is 10.6 Å². The molecule has 0 saturated carbocycles. The van der Waals surface area contributed by atoms with Gasteiger partial charge < -0.3 is 20.5 Å². The Kier molecular flexibility index (Phi) is 10.1. The van der Waals surface area contributed by atoms with Crippen molar-refractivity contribution < 1.29 is 29.0 Å². The molecule has 1 atom stereocenters. The standard InChI is InChI=1S/C30H28Cl2N2O6/c1-30(2,3)40-25(35)15-12-18-6-4-7-20(16-18)27(36)34-24(29(38)39)17-19-10-13-21(14-11-19)33-28(37)26-22(31)8-5-9-23(26)32/h4-16,24H,17H2,1-3H3,(H,33,37)(H,34,36)(H,38,39)/b15-12+/t24-/m0/s1. The minimum absolute atomic E-state index is 0.00385. The summed E-state index contributed by atoms with van der Waals surface area (Å²) < 4.78 is 5.23. The second-order valence-electron chi connectivity index (χ2n) is 9.81. The minimum Gasteiger partial charge on any atom is -0.480 e. The summed E-state index contributed by atoms with van der Waals surface area (Å²) in [5, 5.41) is 15.4. The van der Waals surface area contributed by atoms with Crippen molar-refractivity contribution in [2.24, 2.45) is 0 Å². The normalized spacial score (nSPS) is 12.0. The summed E-state index contributed by atoms with van der Waals surface area (Å²) >= 11 is 12.2. The molecule has 2 amide bonds. The topological polar surface area (TPSA) is 122 Å². The number of amides is 2. The predicted octanol–water partition coefficient (Wildman–Crippen LogP) is 6.03. The molecule has 208 valence electrons. The first-order valence-corrected chi connectivity index (χ1v) is 13.0. The highest BCUT2D eigenvalue weighted by molar-refractivity contribution is 6.40. The van der Waals surface area contributed by atoms with Crippen molar-refractivity contribution in [1.29, 1.82) is 0 Å². The lowest BCUT2D eigenvalue weighted by Crippen LogP contribution is -2.42. The lowest BCUT2D eigenvalue weighted by atomic mass is 10.0. The van der Waals surface area contributed by atoms with E-state index < -0.39 is 35.4 Å². The van der Waals surface area contributed by atoms with Gasteiger partial charge in [-0.05, 0) is 74.4 Å². The Morgan fingerprint density at radius 3 is 2.15 bits per heavy atom. The number of carbonyl (C=O) groups is 4. The van der Waals surface area contributed by atoms with Crippen molar-refractivity contribution in [3.63, 3.8) is 0 Å². The van der Waals surface area contributed by atoms with E-state index in [-0.39, 0.29) is 27.6 Å². The summed E-state index contributed by atoms with van der Waals surface area (Å²) in [7, 11) is 0. The Labute approximate surface area is 241 Å². The fourth-order valence-electron chi connectivity index (χ4n) is 3.59. The zero-order valence-corrected chi connectivity index (χ0v) is 23.5. The highest BCUT2D eigenvalue weighted by Gasteiger charge is 2.22. The van der Waals surface area contributed by atoms with Crippen LogP contribution in [0.25, 0.3) is 6.08 Å². The van der Waals surface area contributed by atoms with E-state index in [9.17, 15) is 24.3 Å². The van der Waals surface area contributed by atoms with Crippen molar-refractivity contribution in [3.05, 3.63) is 105 Å². The number of carboxylic acids is 1. The average molecular weight is 583 g/mol. The molecule has 0 aliphatic carbocycles. The Morgan fingerprint density at radius 1 is 0.925 bits per heavy atom. The third-order valence-corrected chi connectivity index (χ3v) is 6.04. The number of esters is 1. The van der Waals surface area contributed by atoms with Crippen LogP contribution >= 0.6 is 23.2 Å². The second kappa shape index (κ2) is 13.3. The van der Waals surface area contributed by atoms with Crippen LogP contribution in [0.4, 0.5) is 5.69 Å². The van der Waals surface area contributed by atoms with Crippen LogP contribution in [0.5, 0.6) is 0 Å². The van der Waals surface area contributed by atoms with E-state index in [0.717, 1.165) is 0 Å². The molecule has 0 bridgehead atoms. The van der Waals surface area contributed by atoms with Crippen molar-refractivity contribution in [2.45, 2.75) is 38.8 Å². The van der Waals surface area contributed by atoms with Gasteiger partial charge in [-0.15, -0.1) is 0 Å². The molecule has 3 N–H and O–H groups in total. The number of halogens is 2. The number of hydrogen-bond donors (Lipinski definition) is 3. The van der Waals surface area contributed by atoms with E-state index in [1.54, 1.807) is 81.4 Å². The molecule has 8 nitrogen and oxygen atoms in total. The molecular formula is C30H28Cl2N2O6. The molecule has 3 rings (SSSR count). The maximum atomic E-state index is 12.8. The molecular weight excluding hydrogens is 555 g/mol. The van der Waals surface area contributed by atoms with Crippen LogP contribution in [-0.2, 0) is 20.7 Å². The van der Waals surface area contributed by atoms with Gasteiger partial charge in [0.25, 0.3) is 11.8 Å². The fourth-order valence-corrected chi connectivity index (χ4v) is 4.16. The quantitative estimate of drug-likeness (QED) is 0.209. The Hall–Kier alpha value is -4.14. The number of carboxylic acid groups (broad SMARTS) is 1. The maximum Gasteiger partial charge on any atom is 0.331 e. The van der Waals surface area contributed by atoms with E-state index >= 15 is 0 Å². The number of nitrogens with one attached hydrogen (secondary N) is 2. The first-order chi connectivity index (χ1) is 18.8. The molecule has 0 fully saturated rings. The van der Waals surface area contributed by atoms with Crippen molar-refractivity contribution >= 4 is 58.7 Å². The number of rotatable bonds is 9. The molecule has 3 aromatic carbocycles. The van der Waals surface area contributed by atoms with Crippen LogP contribution in [0.15, 0.2) is 72.8 Å². The molecule has 0 aliphatic heterocycles. The third kappa shape index (κ3) is 8.97. The van der Waals surface area contributed by atoms with Gasteiger partial charge in [-0.2, -0.15) is 0 Å². The molecule has 40 heavy (non-hydrogen) atoms. The second-order valence-corrected chi connectivity index (χ2v) is 10.6. The lowest BCUT2D eigenvalue weighted by molar-refractivity contribution is -0.148. The van der Waals surface area contributed by atoms with Gasteiger partial charge in [0.1, 0.15) is 11.6 Å². The number of ether oxygens (including phenoxy) is 1. The largest absolute Gasteiger partial charge is 0.480 e. The van der Waals surface area contributed by atoms with Crippen LogP contribution in [0, 0.1) is 0 Å². The number of anilines is 1. The molecule has 0 saturated heterocycles.